The minimum absolute atomic E-state index is 0.0590. The van der Waals surface area contributed by atoms with E-state index in [0.29, 0.717) is 6.54 Å². The van der Waals surface area contributed by atoms with Gasteiger partial charge in [-0.2, -0.15) is 0 Å². The first-order valence-corrected chi connectivity index (χ1v) is 8.90. The molecule has 0 radical (unpaired) electrons. The summed E-state index contributed by atoms with van der Waals surface area (Å²) in [6.45, 7) is 0.577. The smallest absolute Gasteiger partial charge is 0.414 e. The van der Waals surface area contributed by atoms with Gasteiger partial charge < -0.3 is 20.5 Å². The zero-order chi connectivity index (χ0) is 20.4. The highest BCUT2D eigenvalue weighted by atomic mass is 19.1. The number of nitrogens with zero attached hydrogens (tertiary/aromatic N) is 4. The number of carbonyl (C=O) groups excluding carboxylic acids is 2. The van der Waals surface area contributed by atoms with Gasteiger partial charge in [-0.25, -0.2) is 18.6 Å². The Labute approximate surface area is 160 Å². The summed E-state index contributed by atoms with van der Waals surface area (Å²) < 4.78 is 34.6. The fourth-order valence-electron chi connectivity index (χ4n) is 3.37. The van der Waals surface area contributed by atoms with E-state index < -0.39 is 36.3 Å². The normalized spacial score (nSPS) is 21.1. The molecule has 0 spiro atoms. The van der Waals surface area contributed by atoms with Crippen molar-refractivity contribution in [2.45, 2.75) is 6.10 Å². The zero-order valence-corrected chi connectivity index (χ0v) is 15.5. The van der Waals surface area contributed by atoms with Gasteiger partial charge in [0.25, 0.3) is 5.91 Å². The Bertz CT molecular complexity index is 742. The first kappa shape index (κ1) is 20.2. The molecule has 0 saturated carbocycles. The van der Waals surface area contributed by atoms with Gasteiger partial charge in [0.05, 0.1) is 18.8 Å². The van der Waals surface area contributed by atoms with Gasteiger partial charge in [0.1, 0.15) is 18.4 Å². The van der Waals surface area contributed by atoms with Gasteiger partial charge in [0.2, 0.25) is 0 Å². The first-order valence-electron chi connectivity index (χ1n) is 8.90. The molecule has 154 valence electrons. The quantitative estimate of drug-likeness (QED) is 0.719. The average molecular weight is 399 g/mol. The molecular formula is C17H23F2N5O4. The van der Waals surface area contributed by atoms with Crippen LogP contribution in [0.4, 0.5) is 25.0 Å². The van der Waals surface area contributed by atoms with Gasteiger partial charge in [-0.1, -0.05) is 0 Å². The molecule has 3 rings (SSSR count). The van der Waals surface area contributed by atoms with Crippen LogP contribution in [0.5, 0.6) is 0 Å². The number of hydrazine groups is 1. The molecule has 0 aromatic heterocycles. The summed E-state index contributed by atoms with van der Waals surface area (Å²) in [7, 11) is 1.67. The standard InChI is InChI=1S/C17H23F2N5O4/c1-21-2-3-22(4-5-24(21)15(26)10-25)16-13(18)6-11(7-14(16)19)23-9-12(8-20)28-17(23)27/h6-7,12,25H,2-5,8-10,20H2,1H3/t12-/m0/s1. The lowest BCUT2D eigenvalue weighted by molar-refractivity contribution is -0.148. The van der Waals surface area contributed by atoms with Crippen LogP contribution in [0.25, 0.3) is 0 Å². The molecule has 0 bridgehead atoms. The number of hydrogen-bond acceptors (Lipinski definition) is 7. The summed E-state index contributed by atoms with van der Waals surface area (Å²) in [6.07, 6.45) is -1.22. The van der Waals surface area contributed by atoms with E-state index in [9.17, 15) is 18.4 Å². The van der Waals surface area contributed by atoms with Crippen LogP contribution in [0.15, 0.2) is 12.1 Å². The highest BCUT2D eigenvalue weighted by molar-refractivity contribution is 5.90. The Balaban J connectivity index is 1.82. The zero-order valence-electron chi connectivity index (χ0n) is 15.5. The summed E-state index contributed by atoms with van der Waals surface area (Å²) in [6, 6.07) is 2.17. The number of ether oxygens (including phenoxy) is 1. The fraction of sp³-hybridized carbons (Fsp3) is 0.529. The Hall–Kier alpha value is -2.50. The predicted octanol–water partition coefficient (Wildman–Crippen LogP) is -0.264. The fourth-order valence-corrected chi connectivity index (χ4v) is 3.37. The first-order chi connectivity index (χ1) is 13.3. The van der Waals surface area contributed by atoms with E-state index in [2.05, 4.69) is 0 Å². The number of hydrogen-bond donors (Lipinski definition) is 2. The number of carbonyl (C=O) groups is 2. The molecule has 2 aliphatic rings. The number of halogens is 2. The van der Waals surface area contributed by atoms with E-state index in [1.165, 1.54) is 9.91 Å². The predicted molar refractivity (Wildman–Crippen MR) is 96.7 cm³/mol. The third kappa shape index (κ3) is 3.86. The molecule has 2 heterocycles. The number of rotatable bonds is 4. The third-order valence-electron chi connectivity index (χ3n) is 4.88. The van der Waals surface area contributed by atoms with E-state index in [0.717, 1.165) is 17.0 Å². The van der Waals surface area contributed by atoms with E-state index in [4.69, 9.17) is 15.6 Å². The van der Waals surface area contributed by atoms with Crippen molar-refractivity contribution in [2.75, 3.05) is 62.7 Å². The molecule has 11 heteroatoms. The summed E-state index contributed by atoms with van der Waals surface area (Å²) in [4.78, 5) is 26.3. The molecule has 0 aliphatic carbocycles. The highest BCUT2D eigenvalue weighted by Gasteiger charge is 2.33. The van der Waals surface area contributed by atoms with Crippen LogP contribution in [0.2, 0.25) is 0 Å². The van der Waals surface area contributed by atoms with Gasteiger partial charge in [0, 0.05) is 45.4 Å². The number of aliphatic hydroxyl groups is 1. The molecule has 1 aromatic rings. The molecule has 28 heavy (non-hydrogen) atoms. The van der Waals surface area contributed by atoms with Crippen molar-refractivity contribution in [3.05, 3.63) is 23.8 Å². The van der Waals surface area contributed by atoms with Crippen molar-refractivity contribution in [3.8, 4) is 0 Å². The molecule has 0 unspecified atom stereocenters. The van der Waals surface area contributed by atoms with Crippen molar-refractivity contribution in [1.29, 1.82) is 0 Å². The van der Waals surface area contributed by atoms with E-state index in [-0.39, 0.29) is 44.1 Å². The summed E-state index contributed by atoms with van der Waals surface area (Å²) in [5, 5.41) is 12.0. The lowest BCUT2D eigenvalue weighted by Crippen LogP contribution is -2.46. The van der Waals surface area contributed by atoms with Gasteiger partial charge in [-0.15, -0.1) is 0 Å². The van der Waals surface area contributed by atoms with Crippen molar-refractivity contribution in [2.24, 2.45) is 5.73 Å². The lowest BCUT2D eigenvalue weighted by Gasteiger charge is -2.28. The minimum Gasteiger partial charge on any atom is -0.443 e. The van der Waals surface area contributed by atoms with Crippen molar-refractivity contribution < 1.29 is 28.2 Å². The average Bonchev–Trinajstić information content (AvgIpc) is 2.94. The van der Waals surface area contributed by atoms with Gasteiger partial charge in [0.15, 0.2) is 11.6 Å². The van der Waals surface area contributed by atoms with E-state index in [1.54, 1.807) is 12.1 Å². The number of aliphatic hydroxyl groups excluding tert-OH is 1. The van der Waals surface area contributed by atoms with Gasteiger partial charge >= 0.3 is 6.09 Å². The SMILES string of the molecule is CN1CCN(c2c(F)cc(N3C[C@H](CN)OC3=O)cc2F)CCN1C(=O)CO. The molecule has 1 atom stereocenters. The van der Waals surface area contributed by atoms with Crippen LogP contribution in [-0.4, -0.2) is 86.2 Å². The largest absolute Gasteiger partial charge is 0.443 e. The number of likely N-dealkylation sites (N-methyl/N-ethyl adjacent to an activating group) is 1. The summed E-state index contributed by atoms with van der Waals surface area (Å²) in [5.41, 5.74) is 5.32. The third-order valence-corrected chi connectivity index (χ3v) is 4.88. The summed E-state index contributed by atoms with van der Waals surface area (Å²) >= 11 is 0. The van der Waals surface area contributed by atoms with Crippen LogP contribution < -0.4 is 15.5 Å². The number of cyclic esters (lactones) is 1. The second-order valence-electron chi connectivity index (χ2n) is 6.65. The van der Waals surface area contributed by atoms with Crippen molar-refractivity contribution >= 4 is 23.4 Å². The molecule has 3 N–H and O–H groups in total. The van der Waals surface area contributed by atoms with Crippen LogP contribution in [-0.2, 0) is 9.53 Å². The maximum atomic E-state index is 14.8. The van der Waals surface area contributed by atoms with Crippen LogP contribution in [0.1, 0.15) is 0 Å². The molecule has 2 amide bonds. The van der Waals surface area contributed by atoms with Crippen LogP contribution in [0, 0.1) is 11.6 Å². The molecular weight excluding hydrogens is 376 g/mol. The summed E-state index contributed by atoms with van der Waals surface area (Å²) in [5.74, 6) is -2.12. The van der Waals surface area contributed by atoms with Crippen molar-refractivity contribution in [1.82, 2.24) is 10.0 Å². The Morgan fingerprint density at radius 1 is 1.25 bits per heavy atom. The molecule has 2 saturated heterocycles. The Morgan fingerprint density at radius 3 is 2.46 bits per heavy atom. The Kier molecular flexibility index (Phi) is 5.96. The minimum atomic E-state index is -0.816. The second kappa shape index (κ2) is 8.25. The van der Waals surface area contributed by atoms with Crippen LogP contribution in [0.3, 0.4) is 0 Å². The number of amides is 2. The van der Waals surface area contributed by atoms with E-state index >= 15 is 0 Å². The molecule has 2 aliphatic heterocycles. The number of anilines is 2. The molecule has 9 nitrogen and oxygen atoms in total. The second-order valence-corrected chi connectivity index (χ2v) is 6.65. The number of benzene rings is 1. The maximum Gasteiger partial charge on any atom is 0.414 e. The van der Waals surface area contributed by atoms with Gasteiger partial charge in [-0.05, 0) is 0 Å². The number of nitrogens with two attached hydrogens (primary N) is 1. The topological polar surface area (TPSA) is 103 Å². The molecule has 1 aromatic carbocycles. The van der Waals surface area contributed by atoms with Gasteiger partial charge in [-0.3, -0.25) is 14.7 Å². The van der Waals surface area contributed by atoms with E-state index in [1.807, 2.05) is 0 Å². The lowest BCUT2D eigenvalue weighted by atomic mass is 10.2. The monoisotopic (exact) mass is 399 g/mol. The molecule has 2 fully saturated rings. The van der Waals surface area contributed by atoms with Crippen LogP contribution >= 0.6 is 0 Å². The maximum absolute atomic E-state index is 14.8. The highest BCUT2D eigenvalue weighted by Crippen LogP contribution is 2.31. The Morgan fingerprint density at radius 2 is 1.89 bits per heavy atom. The van der Waals surface area contributed by atoms with Crippen molar-refractivity contribution in [3.63, 3.8) is 0 Å².